The molecule has 0 amide bonds. The molecule has 0 radical (unpaired) electrons. The van der Waals surface area contributed by atoms with E-state index in [1.54, 1.807) is 0 Å². The smallest absolute Gasteiger partial charge is 0.0541 e. The topological polar surface area (TPSA) is 25.8 Å². The second kappa shape index (κ2) is 8.01. The van der Waals surface area contributed by atoms with Gasteiger partial charge >= 0.3 is 0 Å². The molecular formula is C26H22N2. The molecule has 4 aromatic rings. The maximum absolute atomic E-state index is 4.66. The Kier molecular flexibility index (Phi) is 5.11. The zero-order valence-corrected chi connectivity index (χ0v) is 16.0. The van der Waals surface area contributed by atoms with Crippen LogP contribution in [0.3, 0.4) is 0 Å². The van der Waals surface area contributed by atoms with Crippen LogP contribution in [0.15, 0.2) is 91.8 Å². The van der Waals surface area contributed by atoms with Gasteiger partial charge in [-0.1, -0.05) is 73.3 Å². The second-order valence-electron chi connectivity index (χ2n) is 6.76. The van der Waals surface area contributed by atoms with Crippen LogP contribution in [0.1, 0.15) is 22.5 Å². The Balaban J connectivity index is 1.76. The van der Waals surface area contributed by atoms with Gasteiger partial charge in [0.25, 0.3) is 0 Å². The molecule has 2 heteroatoms. The molecule has 0 saturated carbocycles. The fourth-order valence-corrected chi connectivity index (χ4v) is 3.60. The van der Waals surface area contributed by atoms with Crippen LogP contribution >= 0.6 is 0 Å². The lowest BCUT2D eigenvalue weighted by Gasteiger charge is -2.14. The van der Waals surface area contributed by atoms with Crippen LogP contribution in [-0.4, -0.2) is 9.97 Å². The third kappa shape index (κ3) is 3.49. The van der Waals surface area contributed by atoms with Gasteiger partial charge in [0.15, 0.2) is 0 Å². The number of aromatic nitrogens is 2. The van der Waals surface area contributed by atoms with Crippen molar-refractivity contribution in [1.29, 1.82) is 0 Å². The first-order valence-electron chi connectivity index (χ1n) is 9.43. The number of rotatable bonds is 5. The van der Waals surface area contributed by atoms with Crippen LogP contribution in [0.25, 0.3) is 28.3 Å². The summed E-state index contributed by atoms with van der Waals surface area (Å²) in [5.74, 6) is 0. The Labute approximate surface area is 166 Å². The molecule has 0 saturated heterocycles. The molecule has 0 bridgehead atoms. The van der Waals surface area contributed by atoms with Gasteiger partial charge in [0.1, 0.15) is 0 Å². The number of pyridine rings is 2. The third-order valence-corrected chi connectivity index (χ3v) is 5.09. The van der Waals surface area contributed by atoms with Crippen LogP contribution in [0.5, 0.6) is 0 Å². The molecule has 4 rings (SSSR count). The Morgan fingerprint density at radius 3 is 1.86 bits per heavy atom. The average Bonchev–Trinajstić information content (AvgIpc) is 2.76. The van der Waals surface area contributed by atoms with Crippen molar-refractivity contribution >= 4 is 6.08 Å². The summed E-state index contributed by atoms with van der Waals surface area (Å²) in [6.07, 6.45) is 6.34. The van der Waals surface area contributed by atoms with Crippen molar-refractivity contribution < 1.29 is 0 Å². The van der Waals surface area contributed by atoms with E-state index in [9.17, 15) is 0 Å². The molecule has 0 atom stereocenters. The zero-order valence-electron chi connectivity index (χ0n) is 16.0. The van der Waals surface area contributed by atoms with Gasteiger partial charge < -0.3 is 0 Å². The van der Waals surface area contributed by atoms with Crippen LogP contribution in [0.4, 0.5) is 0 Å². The van der Waals surface area contributed by atoms with Crippen molar-refractivity contribution in [3.63, 3.8) is 0 Å². The average molecular weight is 362 g/mol. The van der Waals surface area contributed by atoms with E-state index < -0.39 is 0 Å². The van der Waals surface area contributed by atoms with Gasteiger partial charge in [0, 0.05) is 30.1 Å². The minimum absolute atomic E-state index is 0.675. The zero-order chi connectivity index (χ0) is 19.3. The van der Waals surface area contributed by atoms with E-state index in [0.717, 1.165) is 22.5 Å². The maximum atomic E-state index is 4.66. The molecule has 0 N–H and O–H groups in total. The highest BCUT2D eigenvalue weighted by Gasteiger charge is 2.13. The Morgan fingerprint density at radius 2 is 1.25 bits per heavy atom. The van der Waals surface area contributed by atoms with Gasteiger partial charge in [-0.15, -0.1) is 0 Å². The highest BCUT2D eigenvalue weighted by molar-refractivity contribution is 5.76. The quantitative estimate of drug-likeness (QED) is 0.413. The molecule has 2 aromatic carbocycles. The highest BCUT2D eigenvalue weighted by Crippen LogP contribution is 2.29. The van der Waals surface area contributed by atoms with Crippen molar-refractivity contribution in [3.05, 3.63) is 114 Å². The molecule has 0 aliphatic heterocycles. The predicted molar refractivity (Wildman–Crippen MR) is 117 cm³/mol. The van der Waals surface area contributed by atoms with Crippen LogP contribution in [0, 0.1) is 6.92 Å². The standard InChI is InChI=1S/C26H22N2/c1-3-22-24(21-12-8-5-9-13-21)15-17-28-26(22)18-25-19(2)23(14-16-27-25)20-10-6-4-7-11-20/h3-17H,1,18H2,2H3. The SMILES string of the molecule is C=Cc1c(-c2ccccc2)ccnc1Cc1nccc(-c2ccccc2)c1C. The van der Waals surface area contributed by atoms with Crippen molar-refractivity contribution in [2.45, 2.75) is 13.3 Å². The van der Waals surface area contributed by atoms with E-state index in [4.69, 9.17) is 0 Å². The molecule has 28 heavy (non-hydrogen) atoms. The molecule has 0 aliphatic carbocycles. The summed E-state index contributed by atoms with van der Waals surface area (Å²) in [4.78, 5) is 9.33. The van der Waals surface area contributed by atoms with E-state index in [1.165, 1.54) is 22.3 Å². The normalized spacial score (nSPS) is 10.6. The number of benzene rings is 2. The van der Waals surface area contributed by atoms with Crippen molar-refractivity contribution in [1.82, 2.24) is 9.97 Å². The lowest BCUT2D eigenvalue weighted by atomic mass is 9.94. The summed E-state index contributed by atoms with van der Waals surface area (Å²) in [5.41, 5.74) is 9.04. The van der Waals surface area contributed by atoms with Gasteiger partial charge in [-0.25, -0.2) is 0 Å². The number of hydrogen-bond donors (Lipinski definition) is 0. The highest BCUT2D eigenvalue weighted by atomic mass is 14.7. The summed E-state index contributed by atoms with van der Waals surface area (Å²) in [7, 11) is 0. The molecule has 2 aromatic heterocycles. The van der Waals surface area contributed by atoms with Gasteiger partial charge in [-0.05, 0) is 46.9 Å². The van der Waals surface area contributed by atoms with Crippen molar-refractivity contribution in [2.75, 3.05) is 0 Å². The first-order valence-corrected chi connectivity index (χ1v) is 9.43. The molecule has 0 spiro atoms. The molecule has 2 heterocycles. The van der Waals surface area contributed by atoms with Gasteiger partial charge in [-0.2, -0.15) is 0 Å². The maximum Gasteiger partial charge on any atom is 0.0541 e. The number of nitrogens with zero attached hydrogens (tertiary/aromatic N) is 2. The first-order chi connectivity index (χ1) is 13.8. The van der Waals surface area contributed by atoms with Gasteiger partial charge in [0.2, 0.25) is 0 Å². The predicted octanol–water partition coefficient (Wildman–Crippen LogP) is 6.35. The summed E-state index contributed by atoms with van der Waals surface area (Å²) < 4.78 is 0. The molecule has 0 aliphatic rings. The minimum Gasteiger partial charge on any atom is -0.261 e. The largest absolute Gasteiger partial charge is 0.261 e. The molecular weight excluding hydrogens is 340 g/mol. The molecule has 0 fully saturated rings. The monoisotopic (exact) mass is 362 g/mol. The lowest BCUT2D eigenvalue weighted by molar-refractivity contribution is 0.990. The summed E-state index contributed by atoms with van der Waals surface area (Å²) in [5, 5.41) is 0. The second-order valence-corrected chi connectivity index (χ2v) is 6.76. The Bertz CT molecular complexity index is 1100. The van der Waals surface area contributed by atoms with E-state index in [2.05, 4.69) is 84.1 Å². The first kappa shape index (κ1) is 17.9. The molecule has 136 valence electrons. The third-order valence-electron chi connectivity index (χ3n) is 5.09. The minimum atomic E-state index is 0.675. The lowest BCUT2D eigenvalue weighted by Crippen LogP contribution is -2.02. The van der Waals surface area contributed by atoms with E-state index in [0.29, 0.717) is 6.42 Å². The van der Waals surface area contributed by atoms with Crippen molar-refractivity contribution in [3.8, 4) is 22.3 Å². The molecule has 2 nitrogen and oxygen atoms in total. The summed E-state index contributed by atoms with van der Waals surface area (Å²) in [6.45, 7) is 6.18. The molecule has 0 unspecified atom stereocenters. The Morgan fingerprint density at radius 1 is 0.714 bits per heavy atom. The van der Waals surface area contributed by atoms with Gasteiger partial charge in [0.05, 0.1) is 5.69 Å². The van der Waals surface area contributed by atoms with E-state index >= 15 is 0 Å². The van der Waals surface area contributed by atoms with E-state index in [-0.39, 0.29) is 0 Å². The van der Waals surface area contributed by atoms with Crippen LogP contribution < -0.4 is 0 Å². The van der Waals surface area contributed by atoms with Gasteiger partial charge in [-0.3, -0.25) is 9.97 Å². The summed E-state index contributed by atoms with van der Waals surface area (Å²) in [6, 6.07) is 24.9. The fourth-order valence-electron chi connectivity index (χ4n) is 3.60. The fraction of sp³-hybridized carbons (Fsp3) is 0.0769. The number of hydrogen-bond acceptors (Lipinski definition) is 2. The summed E-state index contributed by atoms with van der Waals surface area (Å²) >= 11 is 0. The van der Waals surface area contributed by atoms with Crippen molar-refractivity contribution in [2.24, 2.45) is 0 Å². The van der Waals surface area contributed by atoms with Crippen LogP contribution in [-0.2, 0) is 6.42 Å². The van der Waals surface area contributed by atoms with Crippen LogP contribution in [0.2, 0.25) is 0 Å². The van der Waals surface area contributed by atoms with E-state index in [1.807, 2.05) is 30.6 Å². The Hall–Kier alpha value is -3.52.